The Morgan fingerprint density at radius 1 is 1.02 bits per heavy atom. The van der Waals surface area contributed by atoms with Crippen molar-refractivity contribution < 1.29 is 23.6 Å². The molecule has 0 aliphatic heterocycles. The predicted molar refractivity (Wildman–Crippen MR) is 151 cm³/mol. The van der Waals surface area contributed by atoms with Gasteiger partial charge < -0.3 is 29.5 Å². The van der Waals surface area contributed by atoms with Crippen LogP contribution in [0.15, 0.2) is 53.1 Å². The van der Waals surface area contributed by atoms with Crippen molar-refractivity contribution in [3.8, 4) is 22.9 Å². The zero-order valence-electron chi connectivity index (χ0n) is 23.7. The minimum atomic E-state index is -0.606. The van der Waals surface area contributed by atoms with Crippen LogP contribution in [0.25, 0.3) is 11.4 Å². The average molecular weight is 550 g/mol. The second kappa shape index (κ2) is 13.9. The van der Waals surface area contributed by atoms with Gasteiger partial charge in [0.1, 0.15) is 0 Å². The molecule has 0 radical (unpaired) electrons. The number of nitrogens with one attached hydrogen (secondary N) is 2. The highest BCUT2D eigenvalue weighted by atomic mass is 16.5. The van der Waals surface area contributed by atoms with E-state index in [0.29, 0.717) is 29.0 Å². The Labute approximate surface area is 235 Å². The molecule has 2 amide bonds. The minimum absolute atomic E-state index is 0.109. The van der Waals surface area contributed by atoms with Crippen LogP contribution in [-0.4, -0.2) is 73.8 Å². The van der Waals surface area contributed by atoms with Crippen LogP contribution < -0.4 is 20.1 Å². The second-order valence-electron chi connectivity index (χ2n) is 10.4. The van der Waals surface area contributed by atoms with Crippen molar-refractivity contribution in [2.75, 3.05) is 34.9 Å². The molecule has 2 aromatic carbocycles. The van der Waals surface area contributed by atoms with Crippen molar-refractivity contribution in [2.24, 2.45) is 5.92 Å². The lowest BCUT2D eigenvalue weighted by atomic mass is 9.79. The number of methoxy groups -OCH3 is 2. The fourth-order valence-corrected chi connectivity index (χ4v) is 5.45. The van der Waals surface area contributed by atoms with Gasteiger partial charge in [0.2, 0.25) is 11.7 Å². The van der Waals surface area contributed by atoms with Gasteiger partial charge >= 0.3 is 11.8 Å². The maximum atomic E-state index is 12.6. The van der Waals surface area contributed by atoms with Crippen molar-refractivity contribution in [2.45, 2.75) is 50.6 Å². The number of nitrogens with zero attached hydrogens (tertiary/aromatic N) is 3. The number of amides is 2. The lowest BCUT2D eigenvalue weighted by molar-refractivity contribution is -0.121. The molecule has 1 aromatic heterocycles. The Balaban J connectivity index is 1.21. The molecular formula is C30H39N5O5. The number of carbonyl (C=O) groups excluding carboxylic acids is 2. The first-order valence-corrected chi connectivity index (χ1v) is 13.7. The summed E-state index contributed by atoms with van der Waals surface area (Å²) in [7, 11) is 7.39. The number of rotatable bonds is 12. The molecule has 0 saturated heterocycles. The van der Waals surface area contributed by atoms with Crippen molar-refractivity contribution in [3.63, 3.8) is 0 Å². The third-order valence-electron chi connectivity index (χ3n) is 7.59. The van der Waals surface area contributed by atoms with E-state index in [1.807, 2.05) is 0 Å². The second-order valence-corrected chi connectivity index (χ2v) is 10.4. The van der Waals surface area contributed by atoms with Gasteiger partial charge in [0.05, 0.1) is 20.8 Å². The summed E-state index contributed by atoms with van der Waals surface area (Å²) in [6.45, 7) is -0.162. The summed E-state index contributed by atoms with van der Waals surface area (Å²) < 4.78 is 15.6. The Morgan fingerprint density at radius 3 is 2.42 bits per heavy atom. The molecule has 1 fully saturated rings. The molecule has 2 N–H and O–H groups in total. The number of hydrogen-bond acceptors (Lipinski definition) is 8. The van der Waals surface area contributed by atoms with Crippen LogP contribution in [0.4, 0.5) is 0 Å². The molecule has 4 rings (SSSR count). The molecule has 1 saturated carbocycles. The summed E-state index contributed by atoms with van der Waals surface area (Å²) in [5.74, 6) is 0.841. The zero-order chi connectivity index (χ0) is 28.5. The van der Waals surface area contributed by atoms with E-state index >= 15 is 0 Å². The van der Waals surface area contributed by atoms with Crippen LogP contribution in [0.2, 0.25) is 0 Å². The van der Waals surface area contributed by atoms with Gasteiger partial charge in [-0.05, 0) is 82.3 Å². The van der Waals surface area contributed by atoms with Gasteiger partial charge in [-0.3, -0.25) is 9.59 Å². The van der Waals surface area contributed by atoms with E-state index in [1.165, 1.54) is 12.7 Å². The number of carbonyl (C=O) groups is 2. The molecule has 214 valence electrons. The molecule has 10 nitrogen and oxygen atoms in total. The van der Waals surface area contributed by atoms with Crippen molar-refractivity contribution in [1.82, 2.24) is 25.7 Å². The van der Waals surface area contributed by atoms with Crippen LogP contribution in [0.3, 0.4) is 0 Å². The predicted octanol–water partition coefficient (Wildman–Crippen LogP) is 3.72. The SMILES string of the molecule is COc1ccc(-c2noc(C(=O)NCC(=O)NC3CCC(C(CCc4ccccc4)N(C)C)CC3)n2)cc1OC. The van der Waals surface area contributed by atoms with Gasteiger partial charge in [0.25, 0.3) is 0 Å². The molecule has 0 spiro atoms. The summed E-state index contributed by atoms with van der Waals surface area (Å²) in [6, 6.07) is 16.4. The first kappa shape index (κ1) is 29.1. The molecule has 1 aliphatic rings. The van der Waals surface area contributed by atoms with Gasteiger partial charge in [-0.15, -0.1) is 0 Å². The standard InChI is InChI=1S/C30H39N5O5/c1-35(2)24(16-10-20-8-6-5-7-9-20)21-11-14-23(15-12-21)32-27(36)19-31-29(37)30-33-28(34-40-30)22-13-17-25(38-3)26(18-22)39-4/h5-9,13,17-18,21,23-24H,10-12,14-16,19H2,1-4H3,(H,31,37)(H,32,36). The maximum Gasteiger partial charge on any atom is 0.316 e. The summed E-state index contributed by atoms with van der Waals surface area (Å²) in [6.07, 6.45) is 6.17. The highest BCUT2D eigenvalue weighted by Gasteiger charge is 2.29. The fourth-order valence-electron chi connectivity index (χ4n) is 5.45. The molecule has 1 atom stereocenters. The molecule has 10 heteroatoms. The molecule has 1 heterocycles. The van der Waals surface area contributed by atoms with E-state index in [4.69, 9.17) is 14.0 Å². The normalized spacial score (nSPS) is 17.7. The first-order chi connectivity index (χ1) is 19.4. The van der Waals surface area contributed by atoms with Crippen molar-refractivity contribution in [1.29, 1.82) is 0 Å². The van der Waals surface area contributed by atoms with Crippen LogP contribution in [-0.2, 0) is 11.2 Å². The topological polar surface area (TPSA) is 119 Å². The van der Waals surface area contributed by atoms with Crippen LogP contribution in [0, 0.1) is 5.92 Å². The van der Waals surface area contributed by atoms with E-state index in [2.05, 4.69) is 70.1 Å². The number of hydrogen-bond donors (Lipinski definition) is 2. The van der Waals surface area contributed by atoms with Crippen LogP contribution in [0.5, 0.6) is 11.5 Å². The Bertz CT molecular complexity index is 1250. The van der Waals surface area contributed by atoms with Gasteiger partial charge in [-0.25, -0.2) is 0 Å². The lowest BCUT2D eigenvalue weighted by Crippen LogP contribution is -2.45. The lowest BCUT2D eigenvalue weighted by Gasteiger charge is -2.37. The number of benzene rings is 2. The fraction of sp³-hybridized carbons (Fsp3) is 0.467. The molecule has 40 heavy (non-hydrogen) atoms. The van der Waals surface area contributed by atoms with E-state index in [1.54, 1.807) is 25.3 Å². The number of ether oxygens (including phenoxy) is 2. The van der Waals surface area contributed by atoms with Gasteiger partial charge in [0, 0.05) is 17.6 Å². The summed E-state index contributed by atoms with van der Waals surface area (Å²) in [4.78, 5) is 31.6. The quantitative estimate of drug-likeness (QED) is 0.351. The molecule has 3 aromatic rings. The highest BCUT2D eigenvalue weighted by molar-refractivity contribution is 5.93. The van der Waals surface area contributed by atoms with E-state index in [-0.39, 0.29) is 30.2 Å². The number of aryl methyl sites for hydroxylation is 1. The van der Waals surface area contributed by atoms with Crippen LogP contribution >= 0.6 is 0 Å². The zero-order valence-corrected chi connectivity index (χ0v) is 23.7. The molecule has 1 unspecified atom stereocenters. The molecule has 0 bridgehead atoms. The third-order valence-corrected chi connectivity index (χ3v) is 7.59. The van der Waals surface area contributed by atoms with Gasteiger partial charge in [-0.2, -0.15) is 4.98 Å². The van der Waals surface area contributed by atoms with Crippen molar-refractivity contribution in [3.05, 3.63) is 60.0 Å². The highest BCUT2D eigenvalue weighted by Crippen LogP contribution is 2.32. The Morgan fingerprint density at radius 2 is 1.75 bits per heavy atom. The van der Waals surface area contributed by atoms with E-state index in [0.717, 1.165) is 38.5 Å². The van der Waals surface area contributed by atoms with Crippen LogP contribution in [0.1, 0.15) is 48.4 Å². The van der Waals surface area contributed by atoms with Gasteiger partial charge in [0.15, 0.2) is 11.5 Å². The van der Waals surface area contributed by atoms with Crippen molar-refractivity contribution >= 4 is 11.8 Å². The Hall–Kier alpha value is -3.92. The first-order valence-electron chi connectivity index (χ1n) is 13.7. The van der Waals surface area contributed by atoms with Gasteiger partial charge in [-0.1, -0.05) is 35.5 Å². The summed E-state index contributed by atoms with van der Waals surface area (Å²) in [5, 5.41) is 9.51. The smallest absolute Gasteiger partial charge is 0.316 e. The minimum Gasteiger partial charge on any atom is -0.493 e. The summed E-state index contributed by atoms with van der Waals surface area (Å²) >= 11 is 0. The molecular weight excluding hydrogens is 510 g/mol. The Kier molecular flexibility index (Phi) is 10.1. The third kappa shape index (κ3) is 7.59. The number of aromatic nitrogens is 2. The maximum absolute atomic E-state index is 12.6. The monoisotopic (exact) mass is 549 g/mol. The van der Waals surface area contributed by atoms with E-state index < -0.39 is 5.91 Å². The van der Waals surface area contributed by atoms with E-state index in [9.17, 15) is 9.59 Å². The average Bonchev–Trinajstić information content (AvgIpc) is 3.47. The molecule has 1 aliphatic carbocycles. The largest absolute Gasteiger partial charge is 0.493 e. The summed E-state index contributed by atoms with van der Waals surface area (Å²) in [5.41, 5.74) is 1.97.